The molecular weight excluding hydrogens is 350 g/mol. The second-order valence-electron chi connectivity index (χ2n) is 7.41. The molecule has 1 aromatic heterocycles. The average Bonchev–Trinajstić information content (AvgIpc) is 3.28. The topological polar surface area (TPSA) is 63.9 Å². The molecule has 0 radical (unpaired) electrons. The number of tetrazole rings is 1. The van der Waals surface area contributed by atoms with Crippen molar-refractivity contribution in [2.45, 2.75) is 37.6 Å². The van der Waals surface area contributed by atoms with Gasteiger partial charge in [0.05, 0.1) is 0 Å². The molecule has 0 atom stereocenters. The summed E-state index contributed by atoms with van der Waals surface area (Å²) < 4.78 is 1.67. The number of hydrogen-bond acceptors (Lipinski definition) is 4. The molecule has 1 saturated heterocycles. The summed E-state index contributed by atoms with van der Waals surface area (Å²) in [5, 5.41) is 11.1. The minimum atomic E-state index is -0.147. The molecule has 2 aromatic carbocycles. The molecule has 1 aliphatic rings. The number of carbonyl (C=O) groups excluding carboxylic acids is 1. The van der Waals surface area contributed by atoms with E-state index in [9.17, 15) is 4.79 Å². The van der Waals surface area contributed by atoms with E-state index in [1.165, 1.54) is 11.1 Å². The second-order valence-corrected chi connectivity index (χ2v) is 7.41. The molecule has 1 fully saturated rings. The van der Waals surface area contributed by atoms with E-state index in [2.05, 4.69) is 64.1 Å². The summed E-state index contributed by atoms with van der Waals surface area (Å²) in [6.45, 7) is 2.21. The highest BCUT2D eigenvalue weighted by Crippen LogP contribution is 2.40. The van der Waals surface area contributed by atoms with Crippen LogP contribution in [0.5, 0.6) is 0 Å². The fraction of sp³-hybridized carbons (Fsp3) is 0.364. The first-order chi connectivity index (χ1) is 13.8. The van der Waals surface area contributed by atoms with E-state index in [4.69, 9.17) is 0 Å². The van der Waals surface area contributed by atoms with E-state index in [-0.39, 0.29) is 11.3 Å². The molecule has 144 valence electrons. The predicted octanol–water partition coefficient (Wildman–Crippen LogP) is 3.06. The van der Waals surface area contributed by atoms with Crippen molar-refractivity contribution in [1.29, 1.82) is 0 Å². The fourth-order valence-electron chi connectivity index (χ4n) is 4.25. The molecule has 0 unspecified atom stereocenters. The number of piperidine rings is 1. The van der Waals surface area contributed by atoms with Crippen LogP contribution in [-0.2, 0) is 16.8 Å². The molecule has 3 aromatic rings. The highest BCUT2D eigenvalue weighted by atomic mass is 16.2. The van der Waals surface area contributed by atoms with Gasteiger partial charge in [0.15, 0.2) is 0 Å². The van der Waals surface area contributed by atoms with Crippen molar-refractivity contribution in [1.82, 2.24) is 25.1 Å². The van der Waals surface area contributed by atoms with Crippen molar-refractivity contribution in [3.8, 4) is 0 Å². The van der Waals surface area contributed by atoms with Crippen LogP contribution in [0.1, 0.15) is 36.8 Å². The zero-order valence-corrected chi connectivity index (χ0v) is 15.9. The Bertz CT molecular complexity index is 840. The molecule has 28 heavy (non-hydrogen) atoms. The molecule has 6 nitrogen and oxygen atoms in total. The quantitative estimate of drug-likeness (QED) is 0.664. The minimum Gasteiger partial charge on any atom is -0.341 e. The van der Waals surface area contributed by atoms with Crippen molar-refractivity contribution < 1.29 is 4.79 Å². The molecule has 6 heteroatoms. The number of aryl methyl sites for hydroxylation is 1. The predicted molar refractivity (Wildman–Crippen MR) is 107 cm³/mol. The Labute approximate surface area is 165 Å². The summed E-state index contributed by atoms with van der Waals surface area (Å²) in [5.41, 5.74) is 2.42. The smallest absolute Gasteiger partial charge is 0.222 e. The Hall–Kier alpha value is -3.02. The van der Waals surface area contributed by atoms with Crippen molar-refractivity contribution in [2.24, 2.45) is 0 Å². The normalized spacial score (nSPS) is 16.1. The molecule has 2 heterocycles. The minimum absolute atomic E-state index is 0.147. The van der Waals surface area contributed by atoms with Crippen LogP contribution in [0.25, 0.3) is 0 Å². The maximum absolute atomic E-state index is 12.9. The van der Waals surface area contributed by atoms with Crippen molar-refractivity contribution >= 4 is 5.91 Å². The Morgan fingerprint density at radius 1 is 1.00 bits per heavy atom. The molecule has 0 N–H and O–H groups in total. The third-order valence-corrected chi connectivity index (χ3v) is 5.67. The number of likely N-dealkylation sites (tertiary alicyclic amines) is 1. The molecule has 0 bridgehead atoms. The number of benzene rings is 2. The van der Waals surface area contributed by atoms with E-state index < -0.39 is 0 Å². The lowest BCUT2D eigenvalue weighted by Crippen LogP contribution is -2.49. The van der Waals surface area contributed by atoms with Gasteiger partial charge in [-0.2, -0.15) is 0 Å². The van der Waals surface area contributed by atoms with Gasteiger partial charge in [0.25, 0.3) is 0 Å². The van der Waals surface area contributed by atoms with Crippen molar-refractivity contribution in [3.05, 3.63) is 78.1 Å². The first kappa shape index (κ1) is 18.3. The van der Waals surface area contributed by atoms with E-state index in [1.807, 2.05) is 17.0 Å². The van der Waals surface area contributed by atoms with Gasteiger partial charge in [0.2, 0.25) is 5.91 Å². The van der Waals surface area contributed by atoms with Gasteiger partial charge in [0, 0.05) is 31.5 Å². The van der Waals surface area contributed by atoms with Gasteiger partial charge in [-0.1, -0.05) is 60.7 Å². The van der Waals surface area contributed by atoms with Crippen LogP contribution in [0.15, 0.2) is 67.0 Å². The van der Waals surface area contributed by atoms with Gasteiger partial charge in [0.1, 0.15) is 6.33 Å². The fourth-order valence-corrected chi connectivity index (χ4v) is 4.25. The first-order valence-corrected chi connectivity index (χ1v) is 9.87. The highest BCUT2D eigenvalue weighted by Gasteiger charge is 2.39. The third-order valence-electron chi connectivity index (χ3n) is 5.67. The Morgan fingerprint density at radius 2 is 1.68 bits per heavy atom. The summed E-state index contributed by atoms with van der Waals surface area (Å²) in [5.74, 6) is 0.212. The molecule has 4 rings (SSSR count). The maximum Gasteiger partial charge on any atom is 0.222 e. The zero-order chi connectivity index (χ0) is 19.2. The van der Waals surface area contributed by atoms with E-state index >= 15 is 0 Å². The first-order valence-electron chi connectivity index (χ1n) is 9.87. The number of aromatic nitrogens is 4. The molecule has 0 spiro atoms. The molecule has 1 aliphatic heterocycles. The van der Waals surface area contributed by atoms with E-state index in [1.54, 1.807) is 11.0 Å². The number of hydrogen-bond donors (Lipinski definition) is 0. The molecule has 1 amide bonds. The monoisotopic (exact) mass is 375 g/mol. The van der Waals surface area contributed by atoms with Crippen LogP contribution in [-0.4, -0.2) is 44.1 Å². The summed E-state index contributed by atoms with van der Waals surface area (Å²) in [6.07, 6.45) is 4.89. The number of amides is 1. The molecule has 0 aliphatic carbocycles. The lowest BCUT2D eigenvalue weighted by molar-refractivity contribution is -0.133. The Balaban J connectivity index is 1.52. The van der Waals surface area contributed by atoms with Gasteiger partial charge in [-0.15, -0.1) is 5.10 Å². The largest absolute Gasteiger partial charge is 0.341 e. The summed E-state index contributed by atoms with van der Waals surface area (Å²) in [7, 11) is 0. The summed E-state index contributed by atoms with van der Waals surface area (Å²) >= 11 is 0. The highest BCUT2D eigenvalue weighted by molar-refractivity contribution is 5.76. The standard InChI is InChI=1S/C22H25N5O/c28-21(13-7-16-27-18-23-24-25-27)26-15-8-14-22(17-26,19-9-3-1-4-10-19)20-11-5-2-6-12-20/h1-6,9-12,18H,7-8,13-17H2. The number of carbonyl (C=O) groups is 1. The van der Waals surface area contributed by atoms with Gasteiger partial charge in [-0.25, -0.2) is 4.68 Å². The third kappa shape index (κ3) is 3.81. The van der Waals surface area contributed by atoms with Gasteiger partial charge in [-0.05, 0) is 40.8 Å². The molecular formula is C22H25N5O. The zero-order valence-electron chi connectivity index (χ0n) is 15.9. The summed E-state index contributed by atoms with van der Waals surface area (Å²) in [6, 6.07) is 21.2. The van der Waals surface area contributed by atoms with Crippen LogP contribution in [0.2, 0.25) is 0 Å². The van der Waals surface area contributed by atoms with Crippen LogP contribution >= 0.6 is 0 Å². The lowest BCUT2D eigenvalue weighted by Gasteiger charge is -2.44. The van der Waals surface area contributed by atoms with Gasteiger partial charge >= 0.3 is 0 Å². The van der Waals surface area contributed by atoms with Crippen molar-refractivity contribution in [3.63, 3.8) is 0 Å². The van der Waals surface area contributed by atoms with Crippen LogP contribution < -0.4 is 0 Å². The van der Waals surface area contributed by atoms with Crippen LogP contribution in [0, 0.1) is 0 Å². The number of rotatable bonds is 6. The Morgan fingerprint density at radius 3 is 2.29 bits per heavy atom. The van der Waals surface area contributed by atoms with E-state index in [0.29, 0.717) is 13.0 Å². The van der Waals surface area contributed by atoms with Crippen molar-refractivity contribution in [2.75, 3.05) is 13.1 Å². The second kappa shape index (κ2) is 8.33. The summed E-state index contributed by atoms with van der Waals surface area (Å²) in [4.78, 5) is 15.0. The Kier molecular flexibility index (Phi) is 5.46. The van der Waals surface area contributed by atoms with E-state index in [0.717, 1.165) is 32.4 Å². The van der Waals surface area contributed by atoms with Gasteiger partial charge in [-0.3, -0.25) is 4.79 Å². The SMILES string of the molecule is O=C(CCCn1cnnn1)N1CCCC(c2ccccc2)(c2ccccc2)C1. The average molecular weight is 375 g/mol. The van der Waals surface area contributed by atoms with Gasteiger partial charge < -0.3 is 4.90 Å². The lowest BCUT2D eigenvalue weighted by atomic mass is 9.69. The van der Waals surface area contributed by atoms with Crippen LogP contribution in [0.3, 0.4) is 0 Å². The molecule has 0 saturated carbocycles. The number of nitrogens with zero attached hydrogens (tertiary/aromatic N) is 5. The maximum atomic E-state index is 12.9. The van der Waals surface area contributed by atoms with Crippen LogP contribution in [0.4, 0.5) is 0 Å².